The van der Waals surface area contributed by atoms with Crippen LogP contribution >= 0.6 is 23.4 Å². The molecule has 4 aromatic rings. The van der Waals surface area contributed by atoms with Gasteiger partial charge in [0.2, 0.25) is 0 Å². The van der Waals surface area contributed by atoms with Crippen LogP contribution in [0.15, 0.2) is 78.0 Å². The van der Waals surface area contributed by atoms with Gasteiger partial charge >= 0.3 is 0 Å². The first-order chi connectivity index (χ1) is 16.0. The van der Waals surface area contributed by atoms with E-state index in [2.05, 4.69) is 10.2 Å². The predicted molar refractivity (Wildman–Crippen MR) is 125 cm³/mol. The molecule has 0 bridgehead atoms. The minimum absolute atomic E-state index is 0.123. The summed E-state index contributed by atoms with van der Waals surface area (Å²) >= 11 is 7.18. The molecule has 0 aliphatic carbocycles. The van der Waals surface area contributed by atoms with Crippen molar-refractivity contribution in [1.82, 2.24) is 14.8 Å². The van der Waals surface area contributed by atoms with Crippen molar-refractivity contribution in [3.05, 3.63) is 95.0 Å². The molecule has 0 saturated heterocycles. The number of Topliss-reactive ketones (excluding diaryl/α,β-unsaturated/α-hetero) is 1. The van der Waals surface area contributed by atoms with Gasteiger partial charge in [-0.25, -0.2) is 4.39 Å². The lowest BCUT2D eigenvalue weighted by Gasteiger charge is -2.12. The fourth-order valence-corrected chi connectivity index (χ4v) is 4.00. The summed E-state index contributed by atoms with van der Waals surface area (Å²) in [5.74, 6) is 1.52. The number of aromatic nitrogens is 3. The SMILES string of the molecule is COc1ccc(-n2c(COc3ccc(Cl)cc3)nnc2SCC(=O)c2ccc(F)cc2)cc1. The summed E-state index contributed by atoms with van der Waals surface area (Å²) in [5, 5.41) is 9.70. The number of carbonyl (C=O) groups excluding carboxylic acids is 1. The van der Waals surface area contributed by atoms with Crippen molar-refractivity contribution in [1.29, 1.82) is 0 Å². The second kappa shape index (κ2) is 10.5. The Bertz CT molecular complexity index is 1230. The zero-order valence-corrected chi connectivity index (χ0v) is 19.1. The van der Waals surface area contributed by atoms with Gasteiger partial charge in [-0.1, -0.05) is 23.4 Å². The van der Waals surface area contributed by atoms with Gasteiger partial charge in [0.15, 0.2) is 16.8 Å². The van der Waals surface area contributed by atoms with Crippen molar-refractivity contribution in [2.24, 2.45) is 0 Å². The second-order valence-electron chi connectivity index (χ2n) is 6.89. The van der Waals surface area contributed by atoms with E-state index in [1.807, 2.05) is 28.8 Å². The van der Waals surface area contributed by atoms with E-state index in [1.54, 1.807) is 31.4 Å². The average molecular weight is 484 g/mol. The highest BCUT2D eigenvalue weighted by molar-refractivity contribution is 7.99. The summed E-state index contributed by atoms with van der Waals surface area (Å²) in [7, 11) is 1.60. The number of hydrogen-bond donors (Lipinski definition) is 0. The van der Waals surface area contributed by atoms with Crippen LogP contribution in [0.4, 0.5) is 4.39 Å². The highest BCUT2D eigenvalue weighted by Gasteiger charge is 2.17. The van der Waals surface area contributed by atoms with E-state index < -0.39 is 0 Å². The molecular formula is C24H19ClFN3O3S. The van der Waals surface area contributed by atoms with Gasteiger partial charge in [-0.3, -0.25) is 9.36 Å². The molecule has 3 aromatic carbocycles. The summed E-state index contributed by atoms with van der Waals surface area (Å²) in [4.78, 5) is 12.6. The van der Waals surface area contributed by atoms with Gasteiger partial charge in [-0.2, -0.15) is 0 Å². The van der Waals surface area contributed by atoms with Crippen molar-refractivity contribution in [3.8, 4) is 17.2 Å². The van der Waals surface area contributed by atoms with E-state index in [4.69, 9.17) is 21.1 Å². The molecular weight excluding hydrogens is 465 g/mol. The Morgan fingerprint density at radius 2 is 1.64 bits per heavy atom. The fraction of sp³-hybridized carbons (Fsp3) is 0.125. The Morgan fingerprint density at radius 1 is 0.970 bits per heavy atom. The standard InChI is InChI=1S/C24H19ClFN3O3S/c1-31-20-12-8-19(9-13-20)29-23(14-32-21-10-4-17(25)5-11-21)27-28-24(29)33-15-22(30)16-2-6-18(26)7-3-16/h2-13H,14-15H2,1H3. The Balaban J connectivity index is 1.56. The zero-order valence-electron chi connectivity index (χ0n) is 17.6. The molecule has 0 aliphatic heterocycles. The van der Waals surface area contributed by atoms with Gasteiger partial charge in [-0.15, -0.1) is 10.2 Å². The van der Waals surface area contributed by atoms with E-state index in [1.165, 1.54) is 36.0 Å². The Kier molecular flexibility index (Phi) is 7.26. The van der Waals surface area contributed by atoms with Crippen molar-refractivity contribution in [2.75, 3.05) is 12.9 Å². The zero-order chi connectivity index (χ0) is 23.2. The number of halogens is 2. The predicted octanol–water partition coefficient (Wildman–Crippen LogP) is 5.62. The number of nitrogens with zero attached hydrogens (tertiary/aromatic N) is 3. The number of rotatable bonds is 9. The summed E-state index contributed by atoms with van der Waals surface area (Å²) in [6, 6.07) is 19.9. The first kappa shape index (κ1) is 22.8. The highest BCUT2D eigenvalue weighted by atomic mass is 35.5. The van der Waals surface area contributed by atoms with E-state index in [9.17, 15) is 9.18 Å². The molecule has 9 heteroatoms. The molecule has 168 valence electrons. The third-order valence-corrected chi connectivity index (χ3v) is 5.89. The molecule has 1 heterocycles. The van der Waals surface area contributed by atoms with Crippen molar-refractivity contribution < 1.29 is 18.7 Å². The lowest BCUT2D eigenvalue weighted by molar-refractivity contribution is 0.102. The largest absolute Gasteiger partial charge is 0.497 e. The van der Waals surface area contributed by atoms with Gasteiger partial charge in [0.1, 0.15) is 23.9 Å². The maximum absolute atomic E-state index is 13.1. The summed E-state index contributed by atoms with van der Waals surface area (Å²) in [5.41, 5.74) is 1.23. The third-order valence-electron chi connectivity index (χ3n) is 4.71. The second-order valence-corrected chi connectivity index (χ2v) is 8.27. The molecule has 1 aromatic heterocycles. The summed E-state index contributed by atoms with van der Waals surface area (Å²) in [6.07, 6.45) is 0. The topological polar surface area (TPSA) is 66.2 Å². The number of benzene rings is 3. The first-order valence-corrected chi connectivity index (χ1v) is 11.3. The maximum atomic E-state index is 13.1. The minimum atomic E-state index is -0.385. The number of carbonyl (C=O) groups is 1. The van der Waals surface area contributed by atoms with E-state index in [0.717, 1.165) is 5.69 Å². The molecule has 0 aliphatic rings. The summed E-state index contributed by atoms with van der Waals surface area (Å²) < 4.78 is 26.1. The number of thioether (sulfide) groups is 1. The normalized spacial score (nSPS) is 10.8. The van der Waals surface area contributed by atoms with Crippen molar-refractivity contribution >= 4 is 29.1 Å². The van der Waals surface area contributed by atoms with E-state index >= 15 is 0 Å². The molecule has 0 unspecified atom stereocenters. The van der Waals surface area contributed by atoms with Crippen LogP contribution in [0, 0.1) is 5.82 Å². The number of ether oxygens (including phenoxy) is 2. The number of methoxy groups -OCH3 is 1. The minimum Gasteiger partial charge on any atom is -0.497 e. The van der Waals surface area contributed by atoms with E-state index in [-0.39, 0.29) is 24.0 Å². The quantitative estimate of drug-likeness (QED) is 0.227. The molecule has 0 spiro atoms. The van der Waals surface area contributed by atoms with Crippen LogP contribution in [0.25, 0.3) is 5.69 Å². The van der Waals surface area contributed by atoms with Crippen LogP contribution in [0.1, 0.15) is 16.2 Å². The molecule has 0 fully saturated rings. The molecule has 0 atom stereocenters. The smallest absolute Gasteiger partial charge is 0.196 e. The molecule has 0 radical (unpaired) electrons. The average Bonchev–Trinajstić information content (AvgIpc) is 3.25. The van der Waals surface area contributed by atoms with Gasteiger partial charge in [0, 0.05) is 16.3 Å². The molecule has 0 amide bonds. The van der Waals surface area contributed by atoms with Gasteiger partial charge in [0.05, 0.1) is 12.9 Å². The Hall–Kier alpha value is -3.36. The Morgan fingerprint density at radius 3 is 2.30 bits per heavy atom. The van der Waals surface area contributed by atoms with Crippen LogP contribution in [-0.4, -0.2) is 33.4 Å². The lowest BCUT2D eigenvalue weighted by Crippen LogP contribution is -2.08. The van der Waals surface area contributed by atoms with Crippen LogP contribution < -0.4 is 9.47 Å². The molecule has 0 saturated carbocycles. The molecule has 4 rings (SSSR count). The highest BCUT2D eigenvalue weighted by Crippen LogP contribution is 2.26. The van der Waals surface area contributed by atoms with Gasteiger partial charge in [-0.05, 0) is 72.8 Å². The van der Waals surface area contributed by atoms with E-state index in [0.29, 0.717) is 33.1 Å². The van der Waals surface area contributed by atoms with Crippen LogP contribution in [0.3, 0.4) is 0 Å². The van der Waals surface area contributed by atoms with Gasteiger partial charge < -0.3 is 9.47 Å². The summed E-state index contributed by atoms with van der Waals surface area (Å²) in [6.45, 7) is 0.160. The first-order valence-electron chi connectivity index (χ1n) is 9.92. The Labute approximate surface area is 199 Å². The van der Waals surface area contributed by atoms with Crippen LogP contribution in [0.5, 0.6) is 11.5 Å². The lowest BCUT2D eigenvalue weighted by atomic mass is 10.1. The maximum Gasteiger partial charge on any atom is 0.196 e. The monoisotopic (exact) mass is 483 g/mol. The van der Waals surface area contributed by atoms with Crippen LogP contribution in [-0.2, 0) is 6.61 Å². The fourth-order valence-electron chi connectivity index (χ4n) is 3.01. The van der Waals surface area contributed by atoms with Crippen molar-refractivity contribution in [2.45, 2.75) is 11.8 Å². The molecule has 33 heavy (non-hydrogen) atoms. The molecule has 0 N–H and O–H groups in total. The number of ketones is 1. The third kappa shape index (κ3) is 5.71. The van der Waals surface area contributed by atoms with Gasteiger partial charge in [0.25, 0.3) is 0 Å². The van der Waals surface area contributed by atoms with Crippen LogP contribution in [0.2, 0.25) is 5.02 Å². The molecule has 6 nitrogen and oxygen atoms in total. The van der Waals surface area contributed by atoms with Crippen molar-refractivity contribution in [3.63, 3.8) is 0 Å². The number of hydrogen-bond acceptors (Lipinski definition) is 6.